The lowest BCUT2D eigenvalue weighted by Crippen LogP contribution is -2.21. The third kappa shape index (κ3) is 2.38. The van der Waals surface area contributed by atoms with E-state index in [4.69, 9.17) is 0 Å². The summed E-state index contributed by atoms with van der Waals surface area (Å²) >= 11 is 0. The van der Waals surface area contributed by atoms with Crippen LogP contribution >= 0.6 is 0 Å². The standard InChI is InChI=1S/C14H19N3O/c1-11-10-16(3)14(18)17(11)13-6-4-12(5-7-13)8-9-15-2/h4-7,10,15H,8-9H2,1-3H3. The maximum absolute atomic E-state index is 12.0. The Morgan fingerprint density at radius 1 is 1.22 bits per heavy atom. The van der Waals surface area contributed by atoms with E-state index < -0.39 is 0 Å². The maximum Gasteiger partial charge on any atom is 0.332 e. The Hall–Kier alpha value is -1.81. The van der Waals surface area contributed by atoms with Gasteiger partial charge in [0.05, 0.1) is 5.69 Å². The highest BCUT2D eigenvalue weighted by molar-refractivity contribution is 5.36. The lowest BCUT2D eigenvalue weighted by Gasteiger charge is -2.06. The van der Waals surface area contributed by atoms with E-state index >= 15 is 0 Å². The molecule has 0 saturated carbocycles. The molecule has 1 aromatic carbocycles. The summed E-state index contributed by atoms with van der Waals surface area (Å²) in [5.41, 5.74) is 3.14. The van der Waals surface area contributed by atoms with Crippen LogP contribution in [0, 0.1) is 6.92 Å². The number of likely N-dealkylation sites (N-methyl/N-ethyl adjacent to an activating group) is 1. The van der Waals surface area contributed by atoms with E-state index in [2.05, 4.69) is 17.4 Å². The van der Waals surface area contributed by atoms with E-state index in [-0.39, 0.29) is 5.69 Å². The summed E-state index contributed by atoms with van der Waals surface area (Å²) < 4.78 is 3.33. The van der Waals surface area contributed by atoms with E-state index in [1.807, 2.05) is 32.3 Å². The molecule has 0 atom stereocenters. The van der Waals surface area contributed by atoms with E-state index in [9.17, 15) is 4.79 Å². The molecule has 1 heterocycles. The molecule has 0 aliphatic heterocycles. The zero-order valence-electron chi connectivity index (χ0n) is 11.1. The van der Waals surface area contributed by atoms with Crippen molar-refractivity contribution in [1.82, 2.24) is 14.5 Å². The Morgan fingerprint density at radius 2 is 1.89 bits per heavy atom. The molecule has 18 heavy (non-hydrogen) atoms. The zero-order chi connectivity index (χ0) is 13.1. The van der Waals surface area contributed by atoms with Crippen molar-refractivity contribution < 1.29 is 0 Å². The van der Waals surface area contributed by atoms with Crippen molar-refractivity contribution in [3.8, 4) is 5.69 Å². The molecule has 0 aliphatic carbocycles. The number of benzene rings is 1. The van der Waals surface area contributed by atoms with Gasteiger partial charge in [-0.1, -0.05) is 12.1 Å². The molecule has 0 saturated heterocycles. The topological polar surface area (TPSA) is 39.0 Å². The van der Waals surface area contributed by atoms with Crippen molar-refractivity contribution in [2.45, 2.75) is 13.3 Å². The van der Waals surface area contributed by atoms with Crippen LogP contribution in [0.25, 0.3) is 5.69 Å². The number of aryl methyl sites for hydroxylation is 2. The summed E-state index contributed by atoms with van der Waals surface area (Å²) in [5, 5.41) is 3.13. The lowest BCUT2D eigenvalue weighted by atomic mass is 10.1. The van der Waals surface area contributed by atoms with E-state index in [1.165, 1.54) is 5.56 Å². The molecule has 2 aromatic rings. The average Bonchev–Trinajstić information content (AvgIpc) is 2.62. The van der Waals surface area contributed by atoms with Gasteiger partial charge in [-0.3, -0.25) is 4.57 Å². The fourth-order valence-electron chi connectivity index (χ4n) is 2.10. The monoisotopic (exact) mass is 245 g/mol. The van der Waals surface area contributed by atoms with Gasteiger partial charge in [0.15, 0.2) is 0 Å². The first-order valence-electron chi connectivity index (χ1n) is 6.12. The molecule has 1 N–H and O–H groups in total. The van der Waals surface area contributed by atoms with Crippen molar-refractivity contribution in [3.05, 3.63) is 52.2 Å². The smallest absolute Gasteiger partial charge is 0.319 e. The van der Waals surface area contributed by atoms with E-state index in [0.29, 0.717) is 0 Å². The molecule has 0 bridgehead atoms. The molecule has 0 amide bonds. The minimum Gasteiger partial charge on any atom is -0.319 e. The maximum atomic E-state index is 12.0. The first-order valence-corrected chi connectivity index (χ1v) is 6.12. The van der Waals surface area contributed by atoms with Gasteiger partial charge in [0.1, 0.15) is 0 Å². The first-order chi connectivity index (χ1) is 8.63. The Morgan fingerprint density at radius 3 is 2.39 bits per heavy atom. The number of nitrogens with one attached hydrogen (secondary N) is 1. The SMILES string of the molecule is CNCCc1ccc(-n2c(C)cn(C)c2=O)cc1. The molecule has 0 fully saturated rings. The second-order valence-corrected chi connectivity index (χ2v) is 4.52. The summed E-state index contributed by atoms with van der Waals surface area (Å²) in [6.07, 6.45) is 2.84. The van der Waals surface area contributed by atoms with Crippen LogP contribution in [0.2, 0.25) is 0 Å². The van der Waals surface area contributed by atoms with Crippen molar-refractivity contribution in [2.24, 2.45) is 7.05 Å². The van der Waals surface area contributed by atoms with Gasteiger partial charge in [0.2, 0.25) is 0 Å². The van der Waals surface area contributed by atoms with Crippen LogP contribution in [-0.2, 0) is 13.5 Å². The average molecular weight is 245 g/mol. The molecular weight excluding hydrogens is 226 g/mol. The molecule has 0 unspecified atom stereocenters. The number of hydrogen-bond acceptors (Lipinski definition) is 2. The third-order valence-corrected chi connectivity index (χ3v) is 3.08. The fourth-order valence-corrected chi connectivity index (χ4v) is 2.10. The van der Waals surface area contributed by atoms with Crippen LogP contribution in [0.15, 0.2) is 35.3 Å². The highest BCUT2D eigenvalue weighted by atomic mass is 16.1. The van der Waals surface area contributed by atoms with Crippen LogP contribution in [-0.4, -0.2) is 22.7 Å². The van der Waals surface area contributed by atoms with Crippen molar-refractivity contribution in [1.29, 1.82) is 0 Å². The summed E-state index contributed by atoms with van der Waals surface area (Å²) in [6, 6.07) is 8.15. The molecule has 96 valence electrons. The van der Waals surface area contributed by atoms with Crippen LogP contribution in [0.1, 0.15) is 11.3 Å². The molecule has 4 nitrogen and oxygen atoms in total. The summed E-state index contributed by atoms with van der Waals surface area (Å²) in [4.78, 5) is 12.0. The second-order valence-electron chi connectivity index (χ2n) is 4.52. The highest BCUT2D eigenvalue weighted by Crippen LogP contribution is 2.10. The third-order valence-electron chi connectivity index (χ3n) is 3.08. The molecular formula is C14H19N3O. The van der Waals surface area contributed by atoms with Gasteiger partial charge in [-0.15, -0.1) is 0 Å². The summed E-state index contributed by atoms with van der Waals surface area (Å²) in [6.45, 7) is 2.90. The Balaban J connectivity index is 2.32. The second kappa shape index (κ2) is 5.23. The molecule has 0 spiro atoms. The quantitative estimate of drug-likeness (QED) is 0.880. The summed E-state index contributed by atoms with van der Waals surface area (Å²) in [5.74, 6) is 0. The minimum absolute atomic E-state index is 0.00419. The van der Waals surface area contributed by atoms with Gasteiger partial charge in [-0.05, 0) is 44.6 Å². The van der Waals surface area contributed by atoms with Crippen LogP contribution in [0.3, 0.4) is 0 Å². The Labute approximate surface area is 107 Å². The van der Waals surface area contributed by atoms with Gasteiger partial charge in [-0.2, -0.15) is 0 Å². The number of nitrogens with zero attached hydrogens (tertiary/aromatic N) is 2. The molecule has 0 aliphatic rings. The van der Waals surface area contributed by atoms with Gasteiger partial charge in [-0.25, -0.2) is 4.79 Å². The van der Waals surface area contributed by atoms with Gasteiger partial charge < -0.3 is 9.88 Å². The molecule has 1 aromatic heterocycles. The van der Waals surface area contributed by atoms with Crippen LogP contribution in [0.4, 0.5) is 0 Å². The number of hydrogen-bond donors (Lipinski definition) is 1. The summed E-state index contributed by atoms with van der Waals surface area (Å²) in [7, 11) is 3.72. The number of aromatic nitrogens is 2. The van der Waals surface area contributed by atoms with Crippen molar-refractivity contribution >= 4 is 0 Å². The van der Waals surface area contributed by atoms with Crippen LogP contribution < -0.4 is 11.0 Å². The Kier molecular flexibility index (Phi) is 3.67. The predicted molar refractivity (Wildman–Crippen MR) is 73.4 cm³/mol. The lowest BCUT2D eigenvalue weighted by molar-refractivity contribution is 0.790. The number of imidazole rings is 1. The largest absolute Gasteiger partial charge is 0.332 e. The molecule has 2 rings (SSSR count). The fraction of sp³-hybridized carbons (Fsp3) is 0.357. The first kappa shape index (κ1) is 12.6. The highest BCUT2D eigenvalue weighted by Gasteiger charge is 2.07. The van der Waals surface area contributed by atoms with Gasteiger partial charge in [0, 0.05) is 18.9 Å². The molecule has 4 heteroatoms. The van der Waals surface area contributed by atoms with Crippen molar-refractivity contribution in [3.63, 3.8) is 0 Å². The number of rotatable bonds is 4. The van der Waals surface area contributed by atoms with Gasteiger partial charge >= 0.3 is 5.69 Å². The molecule has 0 radical (unpaired) electrons. The minimum atomic E-state index is -0.00419. The van der Waals surface area contributed by atoms with Gasteiger partial charge in [0.25, 0.3) is 0 Å². The normalized spacial score (nSPS) is 10.8. The predicted octanol–water partition coefficient (Wildman–Crippen LogP) is 1.25. The van der Waals surface area contributed by atoms with E-state index in [1.54, 1.807) is 16.2 Å². The van der Waals surface area contributed by atoms with Crippen molar-refractivity contribution in [2.75, 3.05) is 13.6 Å². The Bertz CT molecular complexity index is 578. The van der Waals surface area contributed by atoms with Crippen LogP contribution in [0.5, 0.6) is 0 Å². The zero-order valence-corrected chi connectivity index (χ0v) is 11.1. The van der Waals surface area contributed by atoms with E-state index in [0.717, 1.165) is 24.3 Å².